The molecule has 0 amide bonds. The monoisotopic (exact) mass is 368 g/mol. The predicted molar refractivity (Wildman–Crippen MR) is 110 cm³/mol. The Kier molecular flexibility index (Phi) is 6.56. The van der Waals surface area contributed by atoms with E-state index < -0.39 is 14.3 Å². The Morgan fingerprint density at radius 2 is 1.50 bits per heavy atom. The first-order valence-electron chi connectivity index (χ1n) is 8.95. The van der Waals surface area contributed by atoms with Crippen molar-refractivity contribution in [3.05, 3.63) is 72.8 Å². The highest BCUT2D eigenvalue weighted by atomic mass is 28.4. The normalized spacial score (nSPS) is 13.7. The number of benzene rings is 2. The molecule has 0 aromatic heterocycles. The zero-order chi connectivity index (χ0) is 19.2. The van der Waals surface area contributed by atoms with Gasteiger partial charge < -0.3 is 9.53 Å². The van der Waals surface area contributed by atoms with Crippen molar-refractivity contribution >= 4 is 24.7 Å². The summed E-state index contributed by atoms with van der Waals surface area (Å²) in [7, 11) is -2.57. The summed E-state index contributed by atoms with van der Waals surface area (Å²) in [5, 5.41) is 11.2. The molecule has 0 spiro atoms. The second-order valence-electron chi connectivity index (χ2n) is 7.57. The zero-order valence-corrected chi connectivity index (χ0v) is 17.0. The summed E-state index contributed by atoms with van der Waals surface area (Å²) in [5.41, 5.74) is 0. The first-order valence-corrected chi connectivity index (χ1v) is 10.9. The molecule has 0 aliphatic carbocycles. The highest BCUT2D eigenvalue weighted by molar-refractivity contribution is 6.99. The molecular formula is C22H28O3Si. The molecule has 26 heavy (non-hydrogen) atoms. The fourth-order valence-corrected chi connectivity index (χ4v) is 8.12. The van der Waals surface area contributed by atoms with Crippen LogP contribution in [0.25, 0.3) is 0 Å². The van der Waals surface area contributed by atoms with Gasteiger partial charge in [0.1, 0.15) is 0 Å². The molecule has 1 atom stereocenters. The lowest BCUT2D eigenvalue weighted by Gasteiger charge is -2.44. The molecule has 0 fully saturated rings. The Bertz CT molecular complexity index is 693. The summed E-state index contributed by atoms with van der Waals surface area (Å²) in [6.45, 7) is 8.72. The second kappa shape index (κ2) is 8.47. The minimum atomic E-state index is -2.57. The summed E-state index contributed by atoms with van der Waals surface area (Å²) in [6.07, 6.45) is 3.34. The molecule has 2 aromatic rings. The number of carbonyl (C=O) groups is 1. The largest absolute Gasteiger partial charge is 0.478 e. The van der Waals surface area contributed by atoms with Crippen molar-refractivity contribution in [1.82, 2.24) is 0 Å². The summed E-state index contributed by atoms with van der Waals surface area (Å²) in [6, 6.07) is 20.9. The lowest BCUT2D eigenvalue weighted by molar-refractivity contribution is -0.131. The van der Waals surface area contributed by atoms with E-state index >= 15 is 0 Å². The lowest BCUT2D eigenvalue weighted by Crippen LogP contribution is -2.67. The van der Waals surface area contributed by atoms with Gasteiger partial charge in [-0.05, 0) is 28.8 Å². The molecule has 138 valence electrons. The van der Waals surface area contributed by atoms with E-state index in [1.165, 1.54) is 16.4 Å². The number of carboxylic acids is 1. The SMILES string of the molecule is C[C@@H](C/C=C/C(=O)O)O[Si](c1ccccc1)(c1ccccc1)C(C)(C)C. The molecule has 0 saturated heterocycles. The number of rotatable bonds is 7. The van der Waals surface area contributed by atoms with Gasteiger partial charge in [-0.15, -0.1) is 0 Å². The van der Waals surface area contributed by atoms with Crippen LogP contribution in [0.15, 0.2) is 72.8 Å². The lowest BCUT2D eigenvalue weighted by atomic mass is 10.2. The Morgan fingerprint density at radius 1 is 1.04 bits per heavy atom. The summed E-state index contributed by atoms with van der Waals surface area (Å²) < 4.78 is 6.85. The highest BCUT2D eigenvalue weighted by Crippen LogP contribution is 2.37. The molecule has 0 aliphatic heterocycles. The van der Waals surface area contributed by atoms with Crippen LogP contribution in [0, 0.1) is 0 Å². The van der Waals surface area contributed by atoms with Crippen LogP contribution in [-0.2, 0) is 9.22 Å². The standard InChI is InChI=1S/C22H28O3Si/c1-18(12-11-17-21(23)24)25-26(22(2,3)4,19-13-7-5-8-14-19)20-15-9-6-10-16-20/h5-11,13-18H,12H2,1-4H3,(H,23,24)/b17-11+/t18-/m0/s1. The molecule has 4 heteroatoms. The summed E-state index contributed by atoms with van der Waals surface area (Å²) in [4.78, 5) is 10.7. The van der Waals surface area contributed by atoms with Crippen molar-refractivity contribution in [2.75, 3.05) is 0 Å². The topological polar surface area (TPSA) is 46.5 Å². The first kappa shape index (κ1) is 20.1. The first-order chi connectivity index (χ1) is 12.3. The van der Waals surface area contributed by atoms with Gasteiger partial charge in [-0.3, -0.25) is 0 Å². The molecule has 0 aliphatic rings. The summed E-state index contributed by atoms with van der Waals surface area (Å²) in [5.74, 6) is -0.928. The zero-order valence-electron chi connectivity index (χ0n) is 16.0. The molecule has 0 unspecified atom stereocenters. The molecule has 1 N–H and O–H groups in total. The molecule has 0 saturated carbocycles. The van der Waals surface area contributed by atoms with E-state index in [1.807, 2.05) is 19.1 Å². The van der Waals surface area contributed by atoms with Gasteiger partial charge in [-0.1, -0.05) is 87.5 Å². The van der Waals surface area contributed by atoms with E-state index in [1.54, 1.807) is 6.08 Å². The van der Waals surface area contributed by atoms with E-state index in [9.17, 15) is 4.79 Å². The summed E-state index contributed by atoms with van der Waals surface area (Å²) >= 11 is 0. The van der Waals surface area contributed by atoms with Crippen LogP contribution in [-0.4, -0.2) is 25.5 Å². The van der Waals surface area contributed by atoms with Gasteiger partial charge in [0.25, 0.3) is 8.32 Å². The van der Waals surface area contributed by atoms with E-state index in [0.29, 0.717) is 6.42 Å². The Hall–Kier alpha value is -2.17. The third kappa shape index (κ3) is 4.51. The van der Waals surface area contributed by atoms with Crippen LogP contribution in [0.5, 0.6) is 0 Å². The van der Waals surface area contributed by atoms with Crippen LogP contribution < -0.4 is 10.4 Å². The van der Waals surface area contributed by atoms with Gasteiger partial charge in [-0.25, -0.2) is 4.79 Å². The molecular weight excluding hydrogens is 340 g/mol. The average Bonchev–Trinajstić information content (AvgIpc) is 2.60. The Morgan fingerprint density at radius 3 is 1.88 bits per heavy atom. The predicted octanol–water partition coefficient (Wildman–Crippen LogP) is 3.98. The van der Waals surface area contributed by atoms with Gasteiger partial charge in [-0.2, -0.15) is 0 Å². The number of carboxylic acid groups (broad SMARTS) is 1. The van der Waals surface area contributed by atoms with Crippen molar-refractivity contribution in [2.24, 2.45) is 0 Å². The molecule has 2 aromatic carbocycles. The van der Waals surface area contributed by atoms with Gasteiger partial charge in [0, 0.05) is 12.2 Å². The maximum absolute atomic E-state index is 10.7. The molecule has 3 nitrogen and oxygen atoms in total. The molecule has 0 radical (unpaired) electrons. The minimum Gasteiger partial charge on any atom is -0.478 e. The van der Waals surface area contributed by atoms with Crippen molar-refractivity contribution in [1.29, 1.82) is 0 Å². The third-order valence-corrected chi connectivity index (χ3v) is 9.68. The Balaban J connectivity index is 2.52. The van der Waals surface area contributed by atoms with Crippen molar-refractivity contribution in [2.45, 2.75) is 45.3 Å². The van der Waals surface area contributed by atoms with E-state index in [0.717, 1.165) is 0 Å². The van der Waals surface area contributed by atoms with Crippen molar-refractivity contribution < 1.29 is 14.3 Å². The fourth-order valence-electron chi connectivity index (χ4n) is 3.40. The van der Waals surface area contributed by atoms with Gasteiger partial charge in [0.2, 0.25) is 0 Å². The molecule has 0 bridgehead atoms. The molecule has 2 rings (SSSR count). The number of hydrogen-bond donors (Lipinski definition) is 1. The quantitative estimate of drug-likeness (QED) is 0.594. The number of hydrogen-bond acceptors (Lipinski definition) is 2. The van der Waals surface area contributed by atoms with Gasteiger partial charge in [0.05, 0.1) is 0 Å². The Labute approximate surface area is 157 Å². The van der Waals surface area contributed by atoms with E-state index in [4.69, 9.17) is 9.53 Å². The second-order valence-corrected chi connectivity index (χ2v) is 11.8. The van der Waals surface area contributed by atoms with Crippen LogP contribution in [0.2, 0.25) is 5.04 Å². The van der Waals surface area contributed by atoms with Crippen molar-refractivity contribution in [3.63, 3.8) is 0 Å². The molecule has 0 heterocycles. The average molecular weight is 369 g/mol. The smallest absolute Gasteiger partial charge is 0.327 e. The van der Waals surface area contributed by atoms with E-state index in [2.05, 4.69) is 69.3 Å². The van der Waals surface area contributed by atoms with E-state index in [-0.39, 0.29) is 11.1 Å². The third-order valence-electron chi connectivity index (χ3n) is 4.52. The fraction of sp³-hybridized carbons (Fsp3) is 0.318. The van der Waals surface area contributed by atoms with Crippen LogP contribution >= 0.6 is 0 Å². The van der Waals surface area contributed by atoms with Crippen molar-refractivity contribution in [3.8, 4) is 0 Å². The highest BCUT2D eigenvalue weighted by Gasteiger charge is 2.50. The number of aliphatic carboxylic acids is 1. The van der Waals surface area contributed by atoms with Crippen LogP contribution in [0.1, 0.15) is 34.1 Å². The maximum atomic E-state index is 10.7. The van der Waals surface area contributed by atoms with Gasteiger partial charge >= 0.3 is 5.97 Å². The van der Waals surface area contributed by atoms with Crippen LogP contribution in [0.4, 0.5) is 0 Å². The minimum absolute atomic E-state index is 0.0829. The van der Waals surface area contributed by atoms with Gasteiger partial charge in [0.15, 0.2) is 0 Å². The maximum Gasteiger partial charge on any atom is 0.327 e. The van der Waals surface area contributed by atoms with Crippen LogP contribution in [0.3, 0.4) is 0 Å².